The van der Waals surface area contributed by atoms with E-state index >= 15 is 0 Å². The highest BCUT2D eigenvalue weighted by molar-refractivity contribution is 6.31. The second-order valence-corrected chi connectivity index (χ2v) is 3.73. The molecule has 0 bridgehead atoms. The van der Waals surface area contributed by atoms with Gasteiger partial charge >= 0.3 is 6.09 Å². The van der Waals surface area contributed by atoms with Gasteiger partial charge in [-0.3, -0.25) is 0 Å². The van der Waals surface area contributed by atoms with Gasteiger partial charge in [0.25, 0.3) is 0 Å². The number of hydrogen-bond donors (Lipinski definition) is 2. The molecule has 1 rings (SSSR count). The number of nitrogens with one attached hydrogen (secondary N) is 1. The molecule has 1 amide bonds. The number of alkyl carbamates (subject to hydrolysis) is 1. The number of halogens is 1. The van der Waals surface area contributed by atoms with E-state index in [1.165, 1.54) is 7.05 Å². The largest absolute Gasteiger partial charge is 0.443 e. The van der Waals surface area contributed by atoms with Crippen molar-refractivity contribution < 1.29 is 14.6 Å². The number of rotatable bonds is 3. The van der Waals surface area contributed by atoms with E-state index in [-0.39, 0.29) is 0 Å². The van der Waals surface area contributed by atoms with E-state index in [0.29, 0.717) is 10.6 Å². The SMILES string of the molecule is CNC(=O)O[C@@H](C)[C@@H](O)c1ccccc1Cl. The molecule has 0 unspecified atom stereocenters. The topological polar surface area (TPSA) is 58.6 Å². The fourth-order valence-electron chi connectivity index (χ4n) is 1.26. The molecular weight excluding hydrogens is 230 g/mol. The van der Waals surface area contributed by atoms with Gasteiger partial charge in [0.2, 0.25) is 0 Å². The zero-order chi connectivity index (χ0) is 12.1. The summed E-state index contributed by atoms with van der Waals surface area (Å²) < 4.78 is 4.91. The van der Waals surface area contributed by atoms with Crippen molar-refractivity contribution in [3.63, 3.8) is 0 Å². The Morgan fingerprint density at radius 1 is 1.50 bits per heavy atom. The Labute approximate surface area is 99.2 Å². The van der Waals surface area contributed by atoms with Crippen LogP contribution >= 0.6 is 11.6 Å². The highest BCUT2D eigenvalue weighted by Gasteiger charge is 2.21. The summed E-state index contributed by atoms with van der Waals surface area (Å²) in [6.07, 6.45) is -2.19. The molecular formula is C11H14ClNO3. The highest BCUT2D eigenvalue weighted by atomic mass is 35.5. The van der Waals surface area contributed by atoms with Gasteiger partial charge in [0.1, 0.15) is 12.2 Å². The van der Waals surface area contributed by atoms with E-state index < -0.39 is 18.3 Å². The summed E-state index contributed by atoms with van der Waals surface area (Å²) >= 11 is 5.92. The van der Waals surface area contributed by atoms with Crippen LogP contribution in [0.1, 0.15) is 18.6 Å². The van der Waals surface area contributed by atoms with E-state index in [9.17, 15) is 9.90 Å². The van der Waals surface area contributed by atoms with Crippen molar-refractivity contribution >= 4 is 17.7 Å². The maximum absolute atomic E-state index is 11.0. The summed E-state index contributed by atoms with van der Waals surface area (Å²) in [7, 11) is 1.46. The van der Waals surface area contributed by atoms with Gasteiger partial charge in [-0.25, -0.2) is 4.79 Å². The van der Waals surface area contributed by atoms with Gasteiger partial charge in [0.05, 0.1) is 0 Å². The normalized spacial score (nSPS) is 14.0. The Morgan fingerprint density at radius 2 is 2.12 bits per heavy atom. The first-order chi connectivity index (χ1) is 7.56. The molecule has 1 aromatic carbocycles. The monoisotopic (exact) mass is 243 g/mol. The van der Waals surface area contributed by atoms with E-state index in [2.05, 4.69) is 5.32 Å². The van der Waals surface area contributed by atoms with Crippen molar-refractivity contribution in [2.75, 3.05) is 7.05 Å². The molecule has 0 spiro atoms. The average molecular weight is 244 g/mol. The van der Waals surface area contributed by atoms with E-state index in [1.807, 2.05) is 0 Å². The van der Waals surface area contributed by atoms with Crippen LogP contribution < -0.4 is 5.32 Å². The molecule has 0 radical (unpaired) electrons. The van der Waals surface area contributed by atoms with Crippen molar-refractivity contribution in [1.29, 1.82) is 0 Å². The van der Waals surface area contributed by atoms with Crippen molar-refractivity contribution in [2.45, 2.75) is 19.1 Å². The number of aliphatic hydroxyl groups excluding tert-OH is 1. The Morgan fingerprint density at radius 3 is 2.69 bits per heavy atom. The minimum atomic E-state index is -0.939. The molecule has 0 aliphatic rings. The lowest BCUT2D eigenvalue weighted by molar-refractivity contribution is 0.0127. The van der Waals surface area contributed by atoms with Crippen molar-refractivity contribution in [3.8, 4) is 0 Å². The summed E-state index contributed by atoms with van der Waals surface area (Å²) in [5.74, 6) is 0. The molecule has 0 aliphatic heterocycles. The molecule has 4 nitrogen and oxygen atoms in total. The van der Waals surface area contributed by atoms with Crippen molar-refractivity contribution in [2.24, 2.45) is 0 Å². The van der Waals surface area contributed by atoms with Crippen molar-refractivity contribution in [3.05, 3.63) is 34.9 Å². The van der Waals surface area contributed by atoms with Crippen LogP contribution in [0.15, 0.2) is 24.3 Å². The number of carbonyl (C=O) groups excluding carboxylic acids is 1. The van der Waals surface area contributed by atoms with Crippen LogP contribution in [0, 0.1) is 0 Å². The fourth-order valence-corrected chi connectivity index (χ4v) is 1.51. The molecule has 0 saturated carbocycles. The molecule has 2 atom stereocenters. The molecule has 0 aromatic heterocycles. The lowest BCUT2D eigenvalue weighted by Crippen LogP contribution is -2.28. The Hall–Kier alpha value is -1.26. The summed E-state index contributed by atoms with van der Waals surface area (Å²) in [6, 6.07) is 6.89. The van der Waals surface area contributed by atoms with Gasteiger partial charge in [0.15, 0.2) is 0 Å². The van der Waals surface area contributed by atoms with Crippen LogP contribution in [0.5, 0.6) is 0 Å². The van der Waals surface area contributed by atoms with Crippen LogP contribution in [0.3, 0.4) is 0 Å². The summed E-state index contributed by atoms with van der Waals surface area (Å²) in [5, 5.41) is 12.7. The van der Waals surface area contributed by atoms with Crippen LogP contribution in [-0.2, 0) is 4.74 Å². The molecule has 2 N–H and O–H groups in total. The van der Waals surface area contributed by atoms with Crippen LogP contribution in [0.4, 0.5) is 4.79 Å². The van der Waals surface area contributed by atoms with Gasteiger partial charge in [-0.1, -0.05) is 29.8 Å². The third-order valence-electron chi connectivity index (χ3n) is 2.17. The van der Waals surface area contributed by atoms with E-state index in [4.69, 9.17) is 16.3 Å². The number of ether oxygens (including phenoxy) is 1. The third kappa shape index (κ3) is 3.12. The van der Waals surface area contributed by atoms with E-state index in [0.717, 1.165) is 0 Å². The predicted octanol–water partition coefficient (Wildman–Crippen LogP) is 2.12. The van der Waals surface area contributed by atoms with Crippen LogP contribution in [0.25, 0.3) is 0 Å². The highest BCUT2D eigenvalue weighted by Crippen LogP contribution is 2.26. The number of hydrogen-bond acceptors (Lipinski definition) is 3. The van der Waals surface area contributed by atoms with Gasteiger partial charge in [0, 0.05) is 17.6 Å². The van der Waals surface area contributed by atoms with Gasteiger partial charge < -0.3 is 15.2 Å². The second kappa shape index (κ2) is 5.72. The molecule has 0 heterocycles. The zero-order valence-corrected chi connectivity index (χ0v) is 9.86. The zero-order valence-electron chi connectivity index (χ0n) is 9.11. The first-order valence-electron chi connectivity index (χ1n) is 4.87. The van der Waals surface area contributed by atoms with E-state index in [1.54, 1.807) is 31.2 Å². The Balaban J connectivity index is 2.74. The number of amides is 1. The summed E-state index contributed by atoms with van der Waals surface area (Å²) in [4.78, 5) is 11.0. The smallest absolute Gasteiger partial charge is 0.407 e. The summed E-state index contributed by atoms with van der Waals surface area (Å²) in [5.41, 5.74) is 0.542. The van der Waals surface area contributed by atoms with Crippen LogP contribution in [-0.4, -0.2) is 24.4 Å². The minimum Gasteiger partial charge on any atom is -0.443 e. The number of carbonyl (C=O) groups is 1. The first-order valence-corrected chi connectivity index (χ1v) is 5.25. The van der Waals surface area contributed by atoms with Crippen molar-refractivity contribution in [1.82, 2.24) is 5.32 Å². The lowest BCUT2D eigenvalue weighted by Gasteiger charge is -2.20. The number of aliphatic hydroxyl groups is 1. The molecule has 0 aliphatic carbocycles. The molecule has 1 aromatic rings. The maximum atomic E-state index is 11.0. The van der Waals surface area contributed by atoms with Gasteiger partial charge in [-0.05, 0) is 13.0 Å². The third-order valence-corrected chi connectivity index (χ3v) is 2.51. The summed E-state index contributed by atoms with van der Waals surface area (Å²) in [6.45, 7) is 1.60. The molecule has 88 valence electrons. The standard InChI is InChI=1S/C11H14ClNO3/c1-7(16-11(15)13-2)10(14)8-5-3-4-6-9(8)12/h3-7,10,14H,1-2H3,(H,13,15)/t7-,10+/m0/s1. The molecule has 16 heavy (non-hydrogen) atoms. The molecule has 0 saturated heterocycles. The minimum absolute atomic E-state index is 0.447. The predicted molar refractivity (Wildman–Crippen MR) is 61.4 cm³/mol. The van der Waals surface area contributed by atoms with Gasteiger partial charge in [-0.2, -0.15) is 0 Å². The maximum Gasteiger partial charge on any atom is 0.407 e. The first kappa shape index (κ1) is 12.8. The van der Waals surface area contributed by atoms with Gasteiger partial charge in [-0.15, -0.1) is 0 Å². The van der Waals surface area contributed by atoms with Crippen LogP contribution in [0.2, 0.25) is 5.02 Å². The Bertz CT molecular complexity index is 370. The fraction of sp³-hybridized carbons (Fsp3) is 0.364. The average Bonchev–Trinajstić information content (AvgIpc) is 2.28. The number of benzene rings is 1. The second-order valence-electron chi connectivity index (χ2n) is 3.33. The molecule has 5 heteroatoms. The molecule has 0 fully saturated rings. The Kier molecular flexibility index (Phi) is 4.58. The lowest BCUT2D eigenvalue weighted by atomic mass is 10.1. The quantitative estimate of drug-likeness (QED) is 0.855.